The highest BCUT2D eigenvalue weighted by Crippen LogP contribution is 2.08. The molecular weight excluding hydrogens is 216 g/mol. The molecule has 1 aromatic heterocycles. The van der Waals surface area contributed by atoms with Crippen molar-refractivity contribution in [3.05, 3.63) is 17.5 Å². The Morgan fingerprint density at radius 3 is 3.12 bits per heavy atom. The monoisotopic (exact) mass is 236 g/mol. The smallest absolute Gasteiger partial charge is 0.269 e. The SMILES string of the molecule is Cc1cc(C(=O)NCCC2CCCN2)n(C)n1. The molecule has 94 valence electrons. The van der Waals surface area contributed by atoms with Crippen molar-refractivity contribution in [2.75, 3.05) is 13.1 Å². The van der Waals surface area contributed by atoms with Crippen molar-refractivity contribution in [3.63, 3.8) is 0 Å². The first kappa shape index (κ1) is 12.1. The van der Waals surface area contributed by atoms with E-state index in [-0.39, 0.29) is 5.91 Å². The first-order valence-corrected chi connectivity index (χ1v) is 6.19. The number of carbonyl (C=O) groups excluding carboxylic acids is 1. The third-order valence-electron chi connectivity index (χ3n) is 3.18. The van der Waals surface area contributed by atoms with Gasteiger partial charge >= 0.3 is 0 Å². The van der Waals surface area contributed by atoms with Gasteiger partial charge < -0.3 is 10.6 Å². The normalized spacial score (nSPS) is 19.5. The predicted octanol–water partition coefficient (Wildman–Crippen LogP) is 0.600. The van der Waals surface area contributed by atoms with Gasteiger partial charge in [0.1, 0.15) is 5.69 Å². The quantitative estimate of drug-likeness (QED) is 0.805. The number of aryl methyl sites for hydroxylation is 2. The fourth-order valence-corrected chi connectivity index (χ4v) is 2.28. The zero-order chi connectivity index (χ0) is 12.3. The van der Waals surface area contributed by atoms with Gasteiger partial charge in [-0.05, 0) is 38.8 Å². The minimum absolute atomic E-state index is 0.0360. The highest BCUT2D eigenvalue weighted by Gasteiger charge is 2.15. The van der Waals surface area contributed by atoms with Crippen molar-refractivity contribution >= 4 is 5.91 Å². The maximum Gasteiger partial charge on any atom is 0.269 e. The van der Waals surface area contributed by atoms with Crippen molar-refractivity contribution in [1.29, 1.82) is 0 Å². The summed E-state index contributed by atoms with van der Waals surface area (Å²) >= 11 is 0. The molecule has 1 atom stereocenters. The van der Waals surface area contributed by atoms with Gasteiger partial charge in [-0.2, -0.15) is 5.10 Å². The molecule has 1 amide bonds. The Morgan fingerprint density at radius 2 is 2.53 bits per heavy atom. The van der Waals surface area contributed by atoms with Crippen molar-refractivity contribution in [2.24, 2.45) is 7.05 Å². The first-order valence-electron chi connectivity index (χ1n) is 6.19. The van der Waals surface area contributed by atoms with E-state index in [1.165, 1.54) is 12.8 Å². The Morgan fingerprint density at radius 1 is 1.71 bits per heavy atom. The maximum atomic E-state index is 11.9. The first-order chi connectivity index (χ1) is 8.16. The molecule has 1 fully saturated rings. The van der Waals surface area contributed by atoms with E-state index in [2.05, 4.69) is 15.7 Å². The van der Waals surface area contributed by atoms with Crippen LogP contribution in [0.15, 0.2) is 6.07 Å². The number of carbonyl (C=O) groups is 1. The number of nitrogens with zero attached hydrogens (tertiary/aromatic N) is 2. The molecule has 1 saturated heterocycles. The van der Waals surface area contributed by atoms with Crippen LogP contribution in [0.1, 0.15) is 35.4 Å². The van der Waals surface area contributed by atoms with Gasteiger partial charge in [-0.3, -0.25) is 9.48 Å². The van der Waals surface area contributed by atoms with E-state index in [1.54, 1.807) is 11.7 Å². The van der Waals surface area contributed by atoms with E-state index in [0.29, 0.717) is 11.7 Å². The molecular formula is C12H20N4O. The van der Waals surface area contributed by atoms with Crippen molar-refractivity contribution in [1.82, 2.24) is 20.4 Å². The summed E-state index contributed by atoms with van der Waals surface area (Å²) in [6.45, 7) is 3.72. The van der Waals surface area contributed by atoms with E-state index in [9.17, 15) is 4.79 Å². The van der Waals surface area contributed by atoms with Crippen molar-refractivity contribution < 1.29 is 4.79 Å². The number of aromatic nitrogens is 2. The Labute approximate surface area is 102 Å². The van der Waals surface area contributed by atoms with Crippen LogP contribution in [0.25, 0.3) is 0 Å². The summed E-state index contributed by atoms with van der Waals surface area (Å²) in [7, 11) is 1.79. The lowest BCUT2D eigenvalue weighted by Gasteiger charge is -2.10. The lowest BCUT2D eigenvalue weighted by atomic mass is 10.1. The summed E-state index contributed by atoms with van der Waals surface area (Å²) in [6, 6.07) is 2.38. The van der Waals surface area contributed by atoms with Gasteiger partial charge in [-0.1, -0.05) is 0 Å². The average Bonchev–Trinajstić information content (AvgIpc) is 2.88. The standard InChI is InChI=1S/C12H20N4O/c1-9-8-11(16(2)15-9)12(17)14-7-5-10-4-3-6-13-10/h8,10,13H,3-7H2,1-2H3,(H,14,17). The Balaban J connectivity index is 1.78. The minimum atomic E-state index is -0.0360. The molecule has 1 aromatic rings. The second-order valence-corrected chi connectivity index (χ2v) is 4.63. The van der Waals surface area contributed by atoms with Crippen LogP contribution in [0.3, 0.4) is 0 Å². The summed E-state index contributed by atoms with van der Waals surface area (Å²) in [6.07, 6.45) is 3.48. The van der Waals surface area contributed by atoms with Crippen molar-refractivity contribution in [2.45, 2.75) is 32.2 Å². The summed E-state index contributed by atoms with van der Waals surface area (Å²) < 4.78 is 1.62. The van der Waals surface area contributed by atoms with Crippen LogP contribution in [0.2, 0.25) is 0 Å². The summed E-state index contributed by atoms with van der Waals surface area (Å²) in [4.78, 5) is 11.9. The van der Waals surface area contributed by atoms with Crippen LogP contribution < -0.4 is 10.6 Å². The molecule has 2 N–H and O–H groups in total. The minimum Gasteiger partial charge on any atom is -0.351 e. The second-order valence-electron chi connectivity index (χ2n) is 4.63. The highest BCUT2D eigenvalue weighted by molar-refractivity contribution is 5.92. The maximum absolute atomic E-state index is 11.9. The van der Waals surface area contributed by atoms with E-state index in [0.717, 1.165) is 25.2 Å². The van der Waals surface area contributed by atoms with Crippen LogP contribution in [0.4, 0.5) is 0 Å². The molecule has 0 saturated carbocycles. The fourth-order valence-electron chi connectivity index (χ4n) is 2.28. The Bertz CT molecular complexity index is 393. The van der Waals surface area contributed by atoms with Gasteiger partial charge in [-0.15, -0.1) is 0 Å². The third kappa shape index (κ3) is 3.06. The van der Waals surface area contributed by atoms with E-state index in [1.807, 2.05) is 13.0 Å². The van der Waals surface area contributed by atoms with Crippen LogP contribution in [-0.2, 0) is 7.05 Å². The third-order valence-corrected chi connectivity index (χ3v) is 3.18. The van der Waals surface area contributed by atoms with Crippen LogP contribution in [-0.4, -0.2) is 34.8 Å². The molecule has 2 rings (SSSR count). The van der Waals surface area contributed by atoms with Gasteiger partial charge in [0.15, 0.2) is 0 Å². The molecule has 0 bridgehead atoms. The van der Waals surface area contributed by atoms with Gasteiger partial charge in [0, 0.05) is 19.6 Å². The van der Waals surface area contributed by atoms with E-state index < -0.39 is 0 Å². The van der Waals surface area contributed by atoms with Gasteiger partial charge in [0.25, 0.3) is 5.91 Å². The molecule has 0 radical (unpaired) electrons. The fraction of sp³-hybridized carbons (Fsp3) is 0.667. The molecule has 5 heteroatoms. The predicted molar refractivity (Wildman–Crippen MR) is 65.9 cm³/mol. The number of hydrogen-bond acceptors (Lipinski definition) is 3. The van der Waals surface area contributed by atoms with Crippen LogP contribution >= 0.6 is 0 Å². The highest BCUT2D eigenvalue weighted by atomic mass is 16.2. The molecule has 1 aliphatic heterocycles. The van der Waals surface area contributed by atoms with Crippen molar-refractivity contribution in [3.8, 4) is 0 Å². The molecule has 5 nitrogen and oxygen atoms in total. The largest absolute Gasteiger partial charge is 0.351 e. The van der Waals surface area contributed by atoms with Gasteiger partial charge in [0.2, 0.25) is 0 Å². The number of nitrogens with one attached hydrogen (secondary N) is 2. The van der Waals surface area contributed by atoms with Gasteiger partial charge in [-0.25, -0.2) is 0 Å². The summed E-state index contributed by atoms with van der Waals surface area (Å²) in [5.41, 5.74) is 1.50. The lowest BCUT2D eigenvalue weighted by Crippen LogP contribution is -2.31. The number of hydrogen-bond donors (Lipinski definition) is 2. The molecule has 2 heterocycles. The molecule has 0 aromatic carbocycles. The molecule has 0 aliphatic carbocycles. The molecule has 0 spiro atoms. The van der Waals surface area contributed by atoms with Crippen LogP contribution in [0, 0.1) is 6.92 Å². The summed E-state index contributed by atoms with van der Waals surface area (Å²) in [5.74, 6) is -0.0360. The van der Waals surface area contributed by atoms with E-state index >= 15 is 0 Å². The molecule has 17 heavy (non-hydrogen) atoms. The second kappa shape index (κ2) is 5.31. The van der Waals surface area contributed by atoms with Crippen LogP contribution in [0.5, 0.6) is 0 Å². The summed E-state index contributed by atoms with van der Waals surface area (Å²) in [5, 5.41) is 10.5. The zero-order valence-corrected chi connectivity index (χ0v) is 10.5. The molecule has 1 unspecified atom stereocenters. The number of rotatable bonds is 4. The zero-order valence-electron chi connectivity index (χ0n) is 10.5. The Kier molecular flexibility index (Phi) is 3.78. The number of amides is 1. The topological polar surface area (TPSA) is 59.0 Å². The van der Waals surface area contributed by atoms with Gasteiger partial charge in [0.05, 0.1) is 5.69 Å². The van der Waals surface area contributed by atoms with E-state index in [4.69, 9.17) is 0 Å². The average molecular weight is 236 g/mol. The lowest BCUT2D eigenvalue weighted by molar-refractivity contribution is 0.0943. The molecule has 1 aliphatic rings. The Hall–Kier alpha value is -1.36.